The zero-order valence-electron chi connectivity index (χ0n) is 16.3. The Morgan fingerprint density at radius 1 is 0.708 bits per heavy atom. The molecule has 0 spiro atoms. The Balaban J connectivity index is 1.99. The minimum Gasteiger partial charge on any atom is -0.481 e. The van der Waals surface area contributed by atoms with Gasteiger partial charge < -0.3 is 5.11 Å². The Bertz CT molecular complexity index is 303. The van der Waals surface area contributed by atoms with Crippen LogP contribution in [0.1, 0.15) is 129 Å². The van der Waals surface area contributed by atoms with Gasteiger partial charge in [0.25, 0.3) is 0 Å². The average molecular weight is 339 g/mol. The number of hydrogen-bond acceptors (Lipinski definition) is 1. The van der Waals surface area contributed by atoms with Crippen LogP contribution in [-0.4, -0.2) is 11.1 Å². The Hall–Kier alpha value is -0.530. The lowest BCUT2D eigenvalue weighted by molar-refractivity contribution is -0.150. The monoisotopic (exact) mass is 338 g/mol. The van der Waals surface area contributed by atoms with Gasteiger partial charge in [0.05, 0.1) is 5.41 Å². The molecule has 0 radical (unpaired) electrons. The number of hydrogen-bond donors (Lipinski definition) is 1. The maximum Gasteiger partial charge on any atom is 0.309 e. The van der Waals surface area contributed by atoms with Crippen LogP contribution in [0.4, 0.5) is 0 Å². The van der Waals surface area contributed by atoms with Gasteiger partial charge in [-0.25, -0.2) is 0 Å². The third kappa shape index (κ3) is 9.08. The van der Waals surface area contributed by atoms with E-state index in [4.69, 9.17) is 0 Å². The molecule has 1 saturated carbocycles. The Labute approximate surface area is 150 Å². The van der Waals surface area contributed by atoms with Gasteiger partial charge in [-0.1, -0.05) is 110 Å². The summed E-state index contributed by atoms with van der Waals surface area (Å²) in [5.74, 6) is -0.521. The largest absolute Gasteiger partial charge is 0.481 e. The molecule has 0 unspecified atom stereocenters. The van der Waals surface area contributed by atoms with E-state index in [-0.39, 0.29) is 5.41 Å². The second-order valence-corrected chi connectivity index (χ2v) is 8.14. The Morgan fingerprint density at radius 2 is 1.12 bits per heavy atom. The number of rotatable bonds is 14. The summed E-state index contributed by atoms with van der Waals surface area (Å²) in [5, 5.41) is 9.69. The molecule has 0 amide bonds. The molecule has 0 bridgehead atoms. The van der Waals surface area contributed by atoms with Gasteiger partial charge >= 0.3 is 5.97 Å². The van der Waals surface area contributed by atoms with Gasteiger partial charge in [0.2, 0.25) is 0 Å². The van der Waals surface area contributed by atoms with E-state index < -0.39 is 5.97 Å². The summed E-state index contributed by atoms with van der Waals surface area (Å²) in [7, 11) is 0. The number of carbonyl (C=O) groups is 1. The smallest absolute Gasteiger partial charge is 0.309 e. The molecule has 142 valence electrons. The molecular formula is C22H42O2. The van der Waals surface area contributed by atoms with E-state index in [1.165, 1.54) is 83.5 Å². The summed E-state index contributed by atoms with van der Waals surface area (Å²) in [6.45, 7) is 2.27. The average Bonchev–Trinajstić information content (AvgIpc) is 2.82. The molecular weight excluding hydrogens is 296 g/mol. The van der Waals surface area contributed by atoms with Gasteiger partial charge in [0.15, 0.2) is 0 Å². The first-order chi connectivity index (χ1) is 11.7. The highest BCUT2D eigenvalue weighted by molar-refractivity contribution is 5.74. The van der Waals surface area contributed by atoms with Crippen LogP contribution in [-0.2, 0) is 4.79 Å². The van der Waals surface area contributed by atoms with Crippen LogP contribution < -0.4 is 0 Å². The fourth-order valence-corrected chi connectivity index (χ4v) is 4.28. The van der Waals surface area contributed by atoms with E-state index in [1.54, 1.807) is 0 Å². The van der Waals surface area contributed by atoms with Crippen molar-refractivity contribution in [1.82, 2.24) is 0 Å². The van der Waals surface area contributed by atoms with E-state index in [0.29, 0.717) is 0 Å². The SMILES string of the molecule is CCCCCCCCCCCCCCC1(C(=O)O)CCCCCC1. The van der Waals surface area contributed by atoms with E-state index in [1.807, 2.05) is 0 Å². The summed E-state index contributed by atoms with van der Waals surface area (Å²) in [6.07, 6.45) is 23.6. The molecule has 2 heteroatoms. The highest BCUT2D eigenvalue weighted by Gasteiger charge is 2.37. The Kier molecular flexibility index (Phi) is 12.3. The van der Waals surface area contributed by atoms with Crippen molar-refractivity contribution >= 4 is 5.97 Å². The van der Waals surface area contributed by atoms with Gasteiger partial charge in [-0.3, -0.25) is 4.79 Å². The van der Waals surface area contributed by atoms with Crippen LogP contribution in [0.15, 0.2) is 0 Å². The minimum absolute atomic E-state index is 0.380. The number of aliphatic carboxylic acids is 1. The normalized spacial score (nSPS) is 17.5. The number of carboxylic acid groups (broad SMARTS) is 1. The molecule has 1 aliphatic carbocycles. The molecule has 0 saturated heterocycles. The van der Waals surface area contributed by atoms with E-state index in [2.05, 4.69) is 6.92 Å². The van der Waals surface area contributed by atoms with Crippen molar-refractivity contribution in [1.29, 1.82) is 0 Å². The van der Waals surface area contributed by atoms with Gasteiger partial charge in [-0.05, 0) is 19.3 Å². The molecule has 1 N–H and O–H groups in total. The maximum atomic E-state index is 11.8. The first kappa shape index (κ1) is 21.5. The van der Waals surface area contributed by atoms with Crippen LogP contribution in [0.5, 0.6) is 0 Å². The highest BCUT2D eigenvalue weighted by Crippen LogP contribution is 2.39. The van der Waals surface area contributed by atoms with Gasteiger partial charge in [0.1, 0.15) is 0 Å². The Morgan fingerprint density at radius 3 is 1.54 bits per heavy atom. The molecule has 0 aromatic carbocycles. The molecule has 0 aromatic rings. The molecule has 0 atom stereocenters. The third-order valence-electron chi connectivity index (χ3n) is 6.02. The number of carboxylic acids is 1. The fourth-order valence-electron chi connectivity index (χ4n) is 4.28. The number of unbranched alkanes of at least 4 members (excludes halogenated alkanes) is 11. The van der Waals surface area contributed by atoms with Gasteiger partial charge in [0, 0.05) is 0 Å². The second kappa shape index (κ2) is 13.7. The first-order valence-electron chi connectivity index (χ1n) is 10.9. The lowest BCUT2D eigenvalue weighted by atomic mass is 9.76. The maximum absolute atomic E-state index is 11.8. The lowest BCUT2D eigenvalue weighted by Crippen LogP contribution is -2.30. The summed E-state index contributed by atoms with van der Waals surface area (Å²) < 4.78 is 0. The molecule has 24 heavy (non-hydrogen) atoms. The topological polar surface area (TPSA) is 37.3 Å². The molecule has 0 aliphatic heterocycles. The zero-order chi connectivity index (χ0) is 17.5. The van der Waals surface area contributed by atoms with Crippen molar-refractivity contribution in [2.75, 3.05) is 0 Å². The first-order valence-corrected chi connectivity index (χ1v) is 10.9. The predicted octanol–water partition coefficient (Wildman–Crippen LogP) is 7.50. The van der Waals surface area contributed by atoms with Crippen molar-refractivity contribution in [2.24, 2.45) is 5.41 Å². The van der Waals surface area contributed by atoms with E-state index in [9.17, 15) is 9.90 Å². The van der Waals surface area contributed by atoms with Crippen molar-refractivity contribution in [3.8, 4) is 0 Å². The standard InChI is InChI=1S/C22H42O2/c1-2-3-4-5-6-7-8-9-10-11-12-15-18-22(21(23)24)19-16-13-14-17-20-22/h2-20H2,1H3,(H,23,24). The summed E-state index contributed by atoms with van der Waals surface area (Å²) in [5.41, 5.74) is -0.380. The third-order valence-corrected chi connectivity index (χ3v) is 6.02. The van der Waals surface area contributed by atoms with E-state index in [0.717, 1.165) is 38.5 Å². The molecule has 0 aromatic heterocycles. The minimum atomic E-state index is -0.521. The van der Waals surface area contributed by atoms with Crippen LogP contribution in [0, 0.1) is 5.41 Å². The molecule has 2 nitrogen and oxygen atoms in total. The quantitative estimate of drug-likeness (QED) is 0.263. The summed E-state index contributed by atoms with van der Waals surface area (Å²) >= 11 is 0. The van der Waals surface area contributed by atoms with Crippen molar-refractivity contribution in [2.45, 2.75) is 129 Å². The van der Waals surface area contributed by atoms with Crippen molar-refractivity contribution < 1.29 is 9.90 Å². The van der Waals surface area contributed by atoms with Crippen molar-refractivity contribution in [3.05, 3.63) is 0 Å². The molecule has 1 fully saturated rings. The molecule has 0 heterocycles. The fraction of sp³-hybridized carbons (Fsp3) is 0.955. The van der Waals surface area contributed by atoms with Crippen LogP contribution >= 0.6 is 0 Å². The van der Waals surface area contributed by atoms with Crippen LogP contribution in [0.2, 0.25) is 0 Å². The van der Waals surface area contributed by atoms with Gasteiger partial charge in [-0.2, -0.15) is 0 Å². The molecule has 1 aliphatic rings. The second-order valence-electron chi connectivity index (χ2n) is 8.14. The highest BCUT2D eigenvalue weighted by atomic mass is 16.4. The molecule has 1 rings (SSSR count). The van der Waals surface area contributed by atoms with E-state index >= 15 is 0 Å². The lowest BCUT2D eigenvalue weighted by Gasteiger charge is -2.28. The van der Waals surface area contributed by atoms with Gasteiger partial charge in [-0.15, -0.1) is 0 Å². The summed E-state index contributed by atoms with van der Waals surface area (Å²) in [6, 6.07) is 0. The zero-order valence-corrected chi connectivity index (χ0v) is 16.3. The summed E-state index contributed by atoms with van der Waals surface area (Å²) in [4.78, 5) is 11.8. The van der Waals surface area contributed by atoms with Crippen molar-refractivity contribution in [3.63, 3.8) is 0 Å². The van der Waals surface area contributed by atoms with Crippen LogP contribution in [0.25, 0.3) is 0 Å². The predicted molar refractivity (Wildman–Crippen MR) is 103 cm³/mol. The van der Waals surface area contributed by atoms with Crippen LogP contribution in [0.3, 0.4) is 0 Å².